The fourth-order valence-electron chi connectivity index (χ4n) is 2.49. The summed E-state index contributed by atoms with van der Waals surface area (Å²) in [5.74, 6) is 0.0956. The van der Waals surface area contributed by atoms with Crippen molar-refractivity contribution in [3.63, 3.8) is 0 Å². The molecule has 19 heavy (non-hydrogen) atoms. The molecule has 3 rings (SSSR count). The summed E-state index contributed by atoms with van der Waals surface area (Å²) in [7, 11) is 0. The lowest BCUT2D eigenvalue weighted by atomic mass is 10.0. The molecule has 2 heterocycles. The number of nitrogens with zero attached hydrogens (tertiary/aromatic N) is 3. The minimum absolute atomic E-state index is 0.0956. The Morgan fingerprint density at radius 1 is 1.16 bits per heavy atom. The van der Waals surface area contributed by atoms with Gasteiger partial charge in [-0.1, -0.05) is 18.2 Å². The summed E-state index contributed by atoms with van der Waals surface area (Å²) >= 11 is 0. The molecular formula is C14H16N4O. The normalized spacial score (nSPS) is 15.5. The minimum atomic E-state index is 0.0956. The van der Waals surface area contributed by atoms with Crippen LogP contribution in [-0.2, 0) is 0 Å². The van der Waals surface area contributed by atoms with Crippen LogP contribution in [0.5, 0.6) is 0 Å². The van der Waals surface area contributed by atoms with Crippen LogP contribution in [0.15, 0.2) is 30.5 Å². The summed E-state index contributed by atoms with van der Waals surface area (Å²) < 4.78 is 0. The van der Waals surface area contributed by atoms with Gasteiger partial charge in [0.25, 0.3) is 5.91 Å². The Labute approximate surface area is 111 Å². The van der Waals surface area contributed by atoms with Crippen molar-refractivity contribution in [2.24, 2.45) is 0 Å². The lowest BCUT2D eigenvalue weighted by Gasteiger charge is -2.27. The van der Waals surface area contributed by atoms with Gasteiger partial charge in [0.1, 0.15) is 5.69 Å². The minimum Gasteiger partial charge on any atom is -0.339 e. The Morgan fingerprint density at radius 3 is 2.68 bits per heavy atom. The first-order valence-corrected chi connectivity index (χ1v) is 6.61. The average Bonchev–Trinajstić information content (AvgIpc) is 3.01. The zero-order valence-corrected chi connectivity index (χ0v) is 10.7. The zero-order valence-electron chi connectivity index (χ0n) is 10.7. The number of carbonyl (C=O) groups is 1. The first-order valence-electron chi connectivity index (χ1n) is 6.61. The number of aromatic nitrogens is 3. The highest BCUT2D eigenvalue weighted by molar-refractivity contribution is 6.00. The second kappa shape index (κ2) is 5.22. The van der Waals surface area contributed by atoms with Gasteiger partial charge in [0.15, 0.2) is 0 Å². The van der Waals surface area contributed by atoms with E-state index in [-0.39, 0.29) is 5.91 Å². The topological polar surface area (TPSA) is 61.9 Å². The van der Waals surface area contributed by atoms with Crippen LogP contribution in [0.4, 0.5) is 0 Å². The third-order valence-electron chi connectivity index (χ3n) is 3.49. The quantitative estimate of drug-likeness (QED) is 0.895. The van der Waals surface area contributed by atoms with E-state index < -0.39 is 0 Å². The maximum absolute atomic E-state index is 12.6. The molecule has 0 atom stereocenters. The van der Waals surface area contributed by atoms with Gasteiger partial charge < -0.3 is 4.90 Å². The van der Waals surface area contributed by atoms with E-state index in [1.54, 1.807) is 6.20 Å². The molecule has 0 bridgehead atoms. The van der Waals surface area contributed by atoms with Gasteiger partial charge in [0.05, 0.1) is 6.20 Å². The molecule has 0 aliphatic carbocycles. The molecule has 5 nitrogen and oxygen atoms in total. The van der Waals surface area contributed by atoms with Crippen LogP contribution < -0.4 is 0 Å². The van der Waals surface area contributed by atoms with Gasteiger partial charge in [-0.2, -0.15) is 15.4 Å². The molecular weight excluding hydrogens is 240 g/mol. The Morgan fingerprint density at radius 2 is 1.95 bits per heavy atom. The van der Waals surface area contributed by atoms with Crippen LogP contribution in [0.1, 0.15) is 29.6 Å². The molecule has 98 valence electrons. The van der Waals surface area contributed by atoms with E-state index in [0.717, 1.165) is 31.5 Å². The molecule has 0 spiro atoms. The summed E-state index contributed by atoms with van der Waals surface area (Å²) in [4.78, 5) is 14.5. The Balaban J connectivity index is 1.94. The summed E-state index contributed by atoms with van der Waals surface area (Å²) in [5, 5.41) is 10.5. The molecule has 0 unspecified atom stereocenters. The maximum Gasteiger partial charge on any atom is 0.254 e. The molecule has 1 aromatic heterocycles. The molecule has 1 N–H and O–H groups in total. The van der Waals surface area contributed by atoms with Crippen LogP contribution in [0.3, 0.4) is 0 Å². The predicted octanol–water partition coefficient (Wildman–Crippen LogP) is 2.10. The lowest BCUT2D eigenvalue weighted by molar-refractivity contribution is 0.0725. The van der Waals surface area contributed by atoms with Gasteiger partial charge in [0, 0.05) is 24.2 Å². The number of piperidine rings is 1. The summed E-state index contributed by atoms with van der Waals surface area (Å²) in [6.07, 6.45) is 5.05. The van der Waals surface area contributed by atoms with Crippen molar-refractivity contribution >= 4 is 5.91 Å². The predicted molar refractivity (Wildman–Crippen MR) is 71.6 cm³/mol. The second-order valence-corrected chi connectivity index (χ2v) is 4.75. The largest absolute Gasteiger partial charge is 0.339 e. The molecule has 1 aromatic carbocycles. The van der Waals surface area contributed by atoms with Crippen LogP contribution in [0, 0.1) is 0 Å². The molecule has 1 saturated heterocycles. The Hall–Kier alpha value is -2.17. The molecule has 2 aromatic rings. The van der Waals surface area contributed by atoms with Gasteiger partial charge in [0.2, 0.25) is 0 Å². The van der Waals surface area contributed by atoms with Crippen molar-refractivity contribution in [2.45, 2.75) is 19.3 Å². The van der Waals surface area contributed by atoms with E-state index in [0.29, 0.717) is 11.3 Å². The van der Waals surface area contributed by atoms with Crippen molar-refractivity contribution in [1.29, 1.82) is 0 Å². The zero-order chi connectivity index (χ0) is 13.1. The number of hydrogen-bond acceptors (Lipinski definition) is 3. The molecule has 1 aliphatic heterocycles. The smallest absolute Gasteiger partial charge is 0.254 e. The van der Waals surface area contributed by atoms with E-state index in [1.165, 1.54) is 6.42 Å². The van der Waals surface area contributed by atoms with Crippen molar-refractivity contribution in [3.8, 4) is 11.3 Å². The van der Waals surface area contributed by atoms with Crippen LogP contribution in [0.2, 0.25) is 0 Å². The Bertz CT molecular complexity index is 559. The monoisotopic (exact) mass is 256 g/mol. The van der Waals surface area contributed by atoms with Crippen molar-refractivity contribution < 1.29 is 4.79 Å². The standard InChI is InChI=1S/C14H16N4O/c19-14(18-8-4-1-5-9-18)12-7-3-2-6-11(12)13-10-15-17-16-13/h2-3,6-7,10H,1,4-5,8-9H2,(H,15,16,17). The highest BCUT2D eigenvalue weighted by Crippen LogP contribution is 2.23. The highest BCUT2D eigenvalue weighted by atomic mass is 16.2. The third-order valence-corrected chi connectivity index (χ3v) is 3.49. The molecule has 0 saturated carbocycles. The highest BCUT2D eigenvalue weighted by Gasteiger charge is 2.21. The second-order valence-electron chi connectivity index (χ2n) is 4.75. The van der Waals surface area contributed by atoms with E-state index in [4.69, 9.17) is 0 Å². The van der Waals surface area contributed by atoms with Crippen molar-refractivity contribution in [2.75, 3.05) is 13.1 Å². The lowest BCUT2D eigenvalue weighted by Crippen LogP contribution is -2.35. The number of carbonyl (C=O) groups excluding carboxylic acids is 1. The molecule has 5 heteroatoms. The van der Waals surface area contributed by atoms with E-state index in [9.17, 15) is 4.79 Å². The van der Waals surface area contributed by atoms with Crippen molar-refractivity contribution in [3.05, 3.63) is 36.0 Å². The number of H-pyrrole nitrogens is 1. The van der Waals surface area contributed by atoms with Crippen LogP contribution >= 0.6 is 0 Å². The van der Waals surface area contributed by atoms with Gasteiger partial charge in [-0.3, -0.25) is 4.79 Å². The number of benzene rings is 1. The fraction of sp³-hybridized carbons (Fsp3) is 0.357. The number of nitrogens with one attached hydrogen (secondary N) is 1. The summed E-state index contributed by atoms with van der Waals surface area (Å²) in [6.45, 7) is 1.71. The van der Waals surface area contributed by atoms with E-state index in [1.807, 2.05) is 29.2 Å². The average molecular weight is 256 g/mol. The summed E-state index contributed by atoms with van der Waals surface area (Å²) in [5.41, 5.74) is 2.26. The van der Waals surface area contributed by atoms with Crippen LogP contribution in [0.25, 0.3) is 11.3 Å². The fourth-order valence-corrected chi connectivity index (χ4v) is 2.49. The van der Waals surface area contributed by atoms with Gasteiger partial charge in [-0.25, -0.2) is 0 Å². The van der Waals surface area contributed by atoms with Gasteiger partial charge >= 0.3 is 0 Å². The number of rotatable bonds is 2. The first-order chi connectivity index (χ1) is 9.36. The van der Waals surface area contributed by atoms with Crippen LogP contribution in [-0.4, -0.2) is 39.3 Å². The van der Waals surface area contributed by atoms with E-state index >= 15 is 0 Å². The first kappa shape index (κ1) is 11.9. The number of hydrogen-bond donors (Lipinski definition) is 1. The van der Waals surface area contributed by atoms with Gasteiger partial charge in [-0.15, -0.1) is 0 Å². The SMILES string of the molecule is O=C(c1ccccc1-c1cn[nH]n1)N1CCCCC1. The third kappa shape index (κ3) is 2.36. The van der Waals surface area contributed by atoms with Gasteiger partial charge in [-0.05, 0) is 25.3 Å². The number of amides is 1. The maximum atomic E-state index is 12.6. The number of aromatic amines is 1. The molecule has 1 aliphatic rings. The molecule has 1 fully saturated rings. The molecule has 1 amide bonds. The van der Waals surface area contributed by atoms with E-state index in [2.05, 4.69) is 15.4 Å². The number of likely N-dealkylation sites (tertiary alicyclic amines) is 1. The Kier molecular flexibility index (Phi) is 3.27. The van der Waals surface area contributed by atoms with Crippen molar-refractivity contribution in [1.82, 2.24) is 20.3 Å². The summed E-state index contributed by atoms with van der Waals surface area (Å²) in [6, 6.07) is 7.58. The molecule has 0 radical (unpaired) electrons.